The number of para-hydroxylation sites is 2. The summed E-state index contributed by atoms with van der Waals surface area (Å²) in [5.41, 5.74) is 3.11. The van der Waals surface area contributed by atoms with Crippen molar-refractivity contribution >= 4 is 54.0 Å². The van der Waals surface area contributed by atoms with Crippen molar-refractivity contribution in [3.8, 4) is 33.8 Å². The predicted octanol–water partition coefficient (Wildman–Crippen LogP) is 11.7. The largest absolute Gasteiger partial charge is 0.534 e. The summed E-state index contributed by atoms with van der Waals surface area (Å²) in [5.74, 6) is -0.100. The summed E-state index contributed by atoms with van der Waals surface area (Å²) in [6.07, 6.45) is 0. The third kappa shape index (κ3) is 4.61. The van der Waals surface area contributed by atoms with Crippen LogP contribution in [0.5, 0.6) is 11.5 Å². The number of benzene rings is 6. The maximum Gasteiger partial charge on any atom is 0.534 e. The van der Waals surface area contributed by atoms with Gasteiger partial charge in [0.2, 0.25) is 0 Å². The lowest BCUT2D eigenvalue weighted by atomic mass is 9.80. The summed E-state index contributed by atoms with van der Waals surface area (Å²) < 4.78 is 79.3. The van der Waals surface area contributed by atoms with Gasteiger partial charge in [-0.1, -0.05) is 113 Å². The van der Waals surface area contributed by atoms with Crippen LogP contribution in [0.25, 0.3) is 66.1 Å². The van der Waals surface area contributed by atoms with Crippen LogP contribution in [0.15, 0.2) is 118 Å². The normalized spacial score (nSPS) is 15.2. The van der Waals surface area contributed by atoms with E-state index in [1.54, 1.807) is 30.3 Å². The second kappa shape index (κ2) is 10.9. The molecule has 0 saturated heterocycles. The van der Waals surface area contributed by atoms with Gasteiger partial charge in [0.1, 0.15) is 28.1 Å². The van der Waals surface area contributed by atoms with Gasteiger partial charge in [-0.15, -0.1) is 0 Å². The number of hydrogen-bond acceptors (Lipinski definition) is 6. The minimum atomic E-state index is -5.85. The number of rotatable bonds is 2. The van der Waals surface area contributed by atoms with E-state index in [1.165, 1.54) is 17.2 Å². The van der Waals surface area contributed by atoms with Gasteiger partial charge in [-0.3, -0.25) is 0 Å². The summed E-state index contributed by atoms with van der Waals surface area (Å²) in [6.45, 7) is 8.33. The van der Waals surface area contributed by atoms with E-state index >= 15 is 0 Å². The van der Waals surface area contributed by atoms with Crippen molar-refractivity contribution in [1.29, 1.82) is 0 Å². The number of furan rings is 2. The quantitative estimate of drug-likeness (QED) is 0.141. The molecule has 6 nitrogen and oxygen atoms in total. The molecule has 0 atom stereocenters. The lowest BCUT2D eigenvalue weighted by Gasteiger charge is -2.22. The molecule has 10 heteroatoms. The molecular formula is C43H31F3O6S. The fraction of sp³-hybridized carbons (Fsp3) is 0.163. The number of hydrogen-bond donors (Lipinski definition) is 1. The highest BCUT2D eigenvalue weighted by Crippen LogP contribution is 2.58. The first kappa shape index (κ1) is 33.1. The van der Waals surface area contributed by atoms with Gasteiger partial charge in [-0.05, 0) is 45.5 Å². The molecule has 10 rings (SSSR count). The molecule has 2 heterocycles. The second-order valence-corrected chi connectivity index (χ2v) is 16.1. The molecule has 1 N–H and O–H groups in total. The minimum absolute atomic E-state index is 0.171. The van der Waals surface area contributed by atoms with Gasteiger partial charge >= 0.3 is 15.6 Å². The Morgan fingerprint density at radius 1 is 0.604 bits per heavy atom. The lowest BCUT2D eigenvalue weighted by molar-refractivity contribution is -0.0499. The standard InChI is InChI=1S/C22H15F3O4S.C21H16O2/c1-21(2)14-9-5-3-7-12(14)18-17(29-30(26,27)22(23,24)25)11-16-19(20(18)21)13-8-4-6-10-15(13)28-16;1-21(2)14-9-5-3-7-12(14)18-15(22)11-17-19(20(18)21)13-8-4-6-10-16(13)23-17/h3-11H,1-2H3;3-11,22H,1-2H3. The minimum Gasteiger partial charge on any atom is -0.507 e. The molecule has 0 amide bonds. The molecule has 8 aromatic rings. The van der Waals surface area contributed by atoms with Gasteiger partial charge in [0, 0.05) is 55.6 Å². The Labute approximate surface area is 302 Å². The first-order valence-electron chi connectivity index (χ1n) is 17.0. The maximum atomic E-state index is 13.1. The molecule has 0 spiro atoms. The highest BCUT2D eigenvalue weighted by Gasteiger charge is 2.50. The zero-order chi connectivity index (χ0) is 37.2. The van der Waals surface area contributed by atoms with Crippen LogP contribution in [0.2, 0.25) is 0 Å². The molecule has 0 bridgehead atoms. The molecule has 0 saturated carbocycles. The fourth-order valence-corrected chi connectivity index (χ4v) is 8.98. The lowest BCUT2D eigenvalue weighted by Crippen LogP contribution is -2.28. The average Bonchev–Trinajstić information content (AvgIpc) is 3.80. The van der Waals surface area contributed by atoms with Crippen LogP contribution in [0.1, 0.15) is 49.9 Å². The first-order valence-corrected chi connectivity index (χ1v) is 18.4. The van der Waals surface area contributed by atoms with Crippen molar-refractivity contribution in [2.24, 2.45) is 0 Å². The third-order valence-electron chi connectivity index (χ3n) is 10.8. The van der Waals surface area contributed by atoms with Crippen LogP contribution < -0.4 is 4.18 Å². The van der Waals surface area contributed by atoms with Gasteiger partial charge in [0.05, 0.1) is 0 Å². The molecule has 0 radical (unpaired) electrons. The highest BCUT2D eigenvalue weighted by atomic mass is 32.2. The molecule has 0 fully saturated rings. The molecule has 6 aromatic carbocycles. The third-order valence-corrected chi connectivity index (χ3v) is 11.7. The Morgan fingerprint density at radius 2 is 1.04 bits per heavy atom. The highest BCUT2D eigenvalue weighted by molar-refractivity contribution is 7.88. The number of phenols is 1. The monoisotopic (exact) mass is 732 g/mol. The van der Waals surface area contributed by atoms with E-state index in [1.807, 2.05) is 62.4 Å². The molecule has 2 aromatic heterocycles. The van der Waals surface area contributed by atoms with Crippen LogP contribution in [0, 0.1) is 0 Å². The Balaban J connectivity index is 0.000000145. The number of fused-ring (bicyclic) bond motifs is 14. The van der Waals surface area contributed by atoms with E-state index in [0.29, 0.717) is 28.0 Å². The van der Waals surface area contributed by atoms with Crippen LogP contribution in [-0.2, 0) is 20.9 Å². The summed E-state index contributed by atoms with van der Waals surface area (Å²) in [4.78, 5) is 0. The molecule has 2 aliphatic rings. The van der Waals surface area contributed by atoms with Crippen LogP contribution in [-0.4, -0.2) is 19.0 Å². The van der Waals surface area contributed by atoms with Crippen molar-refractivity contribution in [2.45, 2.75) is 44.0 Å². The number of aromatic hydroxyl groups is 1. The van der Waals surface area contributed by atoms with E-state index < -0.39 is 26.8 Å². The average molecular weight is 733 g/mol. The molecule has 53 heavy (non-hydrogen) atoms. The Kier molecular flexibility index (Phi) is 6.81. The molecule has 0 aliphatic heterocycles. The van der Waals surface area contributed by atoms with Gasteiger partial charge in [0.15, 0.2) is 5.75 Å². The van der Waals surface area contributed by atoms with Gasteiger partial charge in [-0.25, -0.2) is 0 Å². The number of phenolic OH excluding ortho intramolecular Hbond substituents is 1. The van der Waals surface area contributed by atoms with Crippen molar-refractivity contribution < 1.29 is 39.7 Å². The second-order valence-electron chi connectivity index (χ2n) is 14.5. The van der Waals surface area contributed by atoms with Crippen molar-refractivity contribution in [1.82, 2.24) is 0 Å². The van der Waals surface area contributed by atoms with E-state index in [4.69, 9.17) is 8.83 Å². The summed E-state index contributed by atoms with van der Waals surface area (Å²) >= 11 is 0. The summed E-state index contributed by atoms with van der Waals surface area (Å²) in [5, 5.41) is 14.4. The number of alkyl halides is 3. The van der Waals surface area contributed by atoms with Crippen molar-refractivity contribution in [3.05, 3.63) is 131 Å². The first-order chi connectivity index (χ1) is 25.1. The zero-order valence-corrected chi connectivity index (χ0v) is 29.7. The molecule has 2 aliphatic carbocycles. The molecular weight excluding hydrogens is 702 g/mol. The smallest absolute Gasteiger partial charge is 0.507 e. The summed E-state index contributed by atoms with van der Waals surface area (Å²) in [7, 11) is -5.85. The van der Waals surface area contributed by atoms with Crippen LogP contribution in [0.4, 0.5) is 13.2 Å². The zero-order valence-electron chi connectivity index (χ0n) is 28.9. The van der Waals surface area contributed by atoms with E-state index in [-0.39, 0.29) is 11.0 Å². The Morgan fingerprint density at radius 3 is 1.57 bits per heavy atom. The molecule has 0 unspecified atom stereocenters. The Bertz CT molecular complexity index is 2950. The van der Waals surface area contributed by atoms with Gasteiger partial charge in [0.25, 0.3) is 0 Å². The van der Waals surface area contributed by atoms with Gasteiger partial charge in [-0.2, -0.15) is 21.6 Å². The van der Waals surface area contributed by atoms with Crippen molar-refractivity contribution in [3.63, 3.8) is 0 Å². The van der Waals surface area contributed by atoms with E-state index in [9.17, 15) is 26.7 Å². The fourth-order valence-electron chi connectivity index (χ4n) is 8.52. The number of halogens is 3. The summed E-state index contributed by atoms with van der Waals surface area (Å²) in [6, 6.07) is 33.9. The Hall–Kier alpha value is -5.74. The van der Waals surface area contributed by atoms with E-state index in [2.05, 4.69) is 42.3 Å². The molecule has 266 valence electrons. The SMILES string of the molecule is CC1(C)c2ccccc2-c2c(O)cc3oc4ccccc4c3c21.CC1(C)c2ccccc2-c2c(OS(=O)(=O)C(F)(F)F)cc3oc4ccccc4c3c21. The predicted molar refractivity (Wildman–Crippen MR) is 200 cm³/mol. The van der Waals surface area contributed by atoms with Crippen molar-refractivity contribution in [2.75, 3.05) is 0 Å². The topological polar surface area (TPSA) is 89.9 Å². The van der Waals surface area contributed by atoms with E-state index in [0.717, 1.165) is 49.4 Å². The maximum absolute atomic E-state index is 13.1. The van der Waals surface area contributed by atoms with Gasteiger partial charge < -0.3 is 18.1 Å². The van der Waals surface area contributed by atoms with Crippen LogP contribution in [0.3, 0.4) is 0 Å². The van der Waals surface area contributed by atoms with Crippen LogP contribution >= 0.6 is 0 Å².